The average Bonchev–Trinajstić information content (AvgIpc) is 2.93. The molecule has 1 aromatic rings. The van der Waals surface area contributed by atoms with Gasteiger partial charge in [-0.05, 0) is 26.7 Å². The minimum Gasteiger partial charge on any atom is -0.383 e. The van der Waals surface area contributed by atoms with E-state index in [0.29, 0.717) is 36.7 Å². The summed E-state index contributed by atoms with van der Waals surface area (Å²) < 4.78 is 16.4. The molecule has 24 heavy (non-hydrogen) atoms. The maximum atomic E-state index is 12.9. The first kappa shape index (κ1) is 17.4. The molecule has 134 valence electrons. The zero-order valence-corrected chi connectivity index (χ0v) is 14.8. The number of likely N-dealkylation sites (tertiary alicyclic amines) is 1. The lowest BCUT2D eigenvalue weighted by atomic mass is 9.89. The van der Waals surface area contributed by atoms with Gasteiger partial charge in [0.05, 0.1) is 31.1 Å². The van der Waals surface area contributed by atoms with Crippen LogP contribution in [0.5, 0.6) is 0 Å². The molecule has 0 aliphatic carbocycles. The number of hydrogen-bond donors (Lipinski definition) is 0. The Morgan fingerprint density at radius 2 is 2.04 bits per heavy atom. The standard InChI is InChI=1S/C17H27N3O4/c1-13-15(14(2)24-18-13)16(21)20-9-11-23-17(12-20)4-6-19(7-5-17)8-10-22-3/h4-12H2,1-3H3. The van der Waals surface area contributed by atoms with Crippen molar-refractivity contribution in [1.82, 2.24) is 15.0 Å². The van der Waals surface area contributed by atoms with E-state index < -0.39 is 0 Å². The Bertz CT molecular complexity index is 559. The molecule has 2 fully saturated rings. The van der Waals surface area contributed by atoms with Gasteiger partial charge in [0, 0.05) is 33.3 Å². The van der Waals surface area contributed by atoms with Crippen LogP contribution in [0.4, 0.5) is 0 Å². The third-order valence-electron chi connectivity index (χ3n) is 5.16. The lowest BCUT2D eigenvalue weighted by molar-refractivity contribution is -0.128. The third kappa shape index (κ3) is 3.48. The summed E-state index contributed by atoms with van der Waals surface area (Å²) in [5.74, 6) is 0.600. The number of aryl methyl sites for hydroxylation is 2. The lowest BCUT2D eigenvalue weighted by Gasteiger charge is -2.47. The Kier molecular flexibility index (Phi) is 5.22. The molecule has 1 spiro atoms. The Hall–Kier alpha value is -1.44. The van der Waals surface area contributed by atoms with Crippen LogP contribution < -0.4 is 0 Å². The summed E-state index contributed by atoms with van der Waals surface area (Å²) in [6.07, 6.45) is 1.89. The van der Waals surface area contributed by atoms with Gasteiger partial charge in [0.15, 0.2) is 0 Å². The molecule has 0 radical (unpaired) electrons. The highest BCUT2D eigenvalue weighted by molar-refractivity contribution is 5.96. The molecule has 0 atom stereocenters. The van der Waals surface area contributed by atoms with E-state index in [9.17, 15) is 4.79 Å². The number of morpholine rings is 1. The number of ether oxygens (including phenoxy) is 2. The monoisotopic (exact) mass is 337 g/mol. The molecule has 7 heteroatoms. The number of nitrogens with zero attached hydrogens (tertiary/aromatic N) is 3. The quantitative estimate of drug-likeness (QED) is 0.824. The van der Waals surface area contributed by atoms with Crippen LogP contribution in [0.2, 0.25) is 0 Å². The summed E-state index contributed by atoms with van der Waals surface area (Å²) in [5.41, 5.74) is 1.05. The first-order chi connectivity index (χ1) is 11.5. The van der Waals surface area contributed by atoms with Crippen molar-refractivity contribution >= 4 is 5.91 Å². The van der Waals surface area contributed by atoms with Gasteiger partial charge in [-0.15, -0.1) is 0 Å². The molecule has 0 N–H and O–H groups in total. The SMILES string of the molecule is COCCN1CCC2(CC1)CN(C(=O)c1c(C)noc1C)CCO2. The van der Waals surface area contributed by atoms with Gasteiger partial charge in [-0.3, -0.25) is 4.79 Å². The van der Waals surface area contributed by atoms with Gasteiger partial charge < -0.3 is 23.8 Å². The van der Waals surface area contributed by atoms with Gasteiger partial charge in [0.25, 0.3) is 5.91 Å². The van der Waals surface area contributed by atoms with Crippen molar-refractivity contribution in [2.24, 2.45) is 0 Å². The molecule has 2 aliphatic heterocycles. The molecule has 0 aromatic carbocycles. The van der Waals surface area contributed by atoms with E-state index >= 15 is 0 Å². The Labute approximate surface area is 142 Å². The minimum absolute atomic E-state index is 0.00994. The maximum Gasteiger partial charge on any atom is 0.259 e. The highest BCUT2D eigenvalue weighted by atomic mass is 16.5. The van der Waals surface area contributed by atoms with Crippen molar-refractivity contribution in [3.8, 4) is 0 Å². The zero-order valence-electron chi connectivity index (χ0n) is 14.8. The van der Waals surface area contributed by atoms with Gasteiger partial charge in [-0.2, -0.15) is 0 Å². The Morgan fingerprint density at radius 1 is 1.29 bits per heavy atom. The minimum atomic E-state index is -0.212. The number of rotatable bonds is 4. The second kappa shape index (κ2) is 7.21. The van der Waals surface area contributed by atoms with Crippen molar-refractivity contribution < 1.29 is 18.8 Å². The van der Waals surface area contributed by atoms with Crippen LogP contribution >= 0.6 is 0 Å². The number of aromatic nitrogens is 1. The summed E-state index contributed by atoms with van der Waals surface area (Å²) >= 11 is 0. The summed E-state index contributed by atoms with van der Waals surface area (Å²) in [7, 11) is 1.73. The molecular weight excluding hydrogens is 310 g/mol. The normalized spacial score (nSPS) is 21.4. The fourth-order valence-corrected chi connectivity index (χ4v) is 3.67. The summed E-state index contributed by atoms with van der Waals surface area (Å²) in [4.78, 5) is 17.2. The topological polar surface area (TPSA) is 68.0 Å². The van der Waals surface area contributed by atoms with E-state index in [1.165, 1.54) is 0 Å². The van der Waals surface area contributed by atoms with E-state index in [0.717, 1.165) is 39.1 Å². The molecule has 0 unspecified atom stereocenters. The van der Waals surface area contributed by atoms with Crippen LogP contribution in [-0.2, 0) is 9.47 Å². The van der Waals surface area contributed by atoms with Gasteiger partial charge in [-0.25, -0.2) is 0 Å². The molecule has 2 saturated heterocycles. The van der Waals surface area contributed by atoms with Gasteiger partial charge >= 0.3 is 0 Å². The van der Waals surface area contributed by atoms with Crippen LogP contribution in [0.25, 0.3) is 0 Å². The molecule has 0 bridgehead atoms. The van der Waals surface area contributed by atoms with Gasteiger partial charge in [0.1, 0.15) is 11.3 Å². The highest BCUT2D eigenvalue weighted by Gasteiger charge is 2.41. The fourth-order valence-electron chi connectivity index (χ4n) is 3.67. The Morgan fingerprint density at radius 3 is 2.67 bits per heavy atom. The van der Waals surface area contributed by atoms with E-state index in [-0.39, 0.29) is 11.5 Å². The number of carbonyl (C=O) groups excluding carboxylic acids is 1. The third-order valence-corrected chi connectivity index (χ3v) is 5.16. The second-order valence-corrected chi connectivity index (χ2v) is 6.79. The molecular formula is C17H27N3O4. The zero-order chi connectivity index (χ0) is 17.2. The van der Waals surface area contributed by atoms with Crippen LogP contribution in [0.15, 0.2) is 4.52 Å². The summed E-state index contributed by atoms with van der Waals surface area (Å²) in [6, 6.07) is 0. The molecule has 7 nitrogen and oxygen atoms in total. The molecule has 3 heterocycles. The fraction of sp³-hybridized carbons (Fsp3) is 0.765. The van der Waals surface area contributed by atoms with E-state index in [1.54, 1.807) is 14.0 Å². The first-order valence-corrected chi connectivity index (χ1v) is 8.62. The van der Waals surface area contributed by atoms with Crippen molar-refractivity contribution in [3.63, 3.8) is 0 Å². The van der Waals surface area contributed by atoms with Crippen LogP contribution in [0, 0.1) is 13.8 Å². The number of hydrogen-bond acceptors (Lipinski definition) is 6. The summed E-state index contributed by atoms with van der Waals surface area (Å²) in [6.45, 7) is 9.14. The number of methoxy groups -OCH3 is 1. The predicted molar refractivity (Wildman–Crippen MR) is 88.1 cm³/mol. The van der Waals surface area contributed by atoms with Crippen molar-refractivity contribution in [2.45, 2.75) is 32.3 Å². The van der Waals surface area contributed by atoms with Crippen LogP contribution in [0.3, 0.4) is 0 Å². The second-order valence-electron chi connectivity index (χ2n) is 6.79. The predicted octanol–water partition coefficient (Wildman–Crippen LogP) is 1.24. The maximum absolute atomic E-state index is 12.9. The van der Waals surface area contributed by atoms with Crippen molar-refractivity contribution in [1.29, 1.82) is 0 Å². The largest absolute Gasteiger partial charge is 0.383 e. The highest BCUT2D eigenvalue weighted by Crippen LogP contribution is 2.31. The molecule has 2 aliphatic rings. The first-order valence-electron chi connectivity index (χ1n) is 8.62. The smallest absolute Gasteiger partial charge is 0.259 e. The molecule has 0 saturated carbocycles. The van der Waals surface area contributed by atoms with E-state index in [2.05, 4.69) is 10.1 Å². The van der Waals surface area contributed by atoms with E-state index in [1.807, 2.05) is 11.8 Å². The number of amides is 1. The average molecular weight is 337 g/mol. The number of piperidine rings is 1. The summed E-state index contributed by atoms with van der Waals surface area (Å²) in [5, 5.41) is 3.90. The van der Waals surface area contributed by atoms with Crippen LogP contribution in [-0.4, -0.2) is 79.5 Å². The van der Waals surface area contributed by atoms with Gasteiger partial charge in [0.2, 0.25) is 0 Å². The van der Waals surface area contributed by atoms with Crippen molar-refractivity contribution in [2.75, 3.05) is 53.0 Å². The van der Waals surface area contributed by atoms with Crippen LogP contribution in [0.1, 0.15) is 34.7 Å². The lowest BCUT2D eigenvalue weighted by Crippen LogP contribution is -2.58. The molecule has 1 amide bonds. The van der Waals surface area contributed by atoms with Crippen molar-refractivity contribution in [3.05, 3.63) is 17.0 Å². The molecule has 3 rings (SSSR count). The molecule has 1 aromatic heterocycles. The van der Waals surface area contributed by atoms with E-state index in [4.69, 9.17) is 14.0 Å². The Balaban J connectivity index is 1.64. The van der Waals surface area contributed by atoms with Gasteiger partial charge in [-0.1, -0.05) is 5.16 Å². The number of carbonyl (C=O) groups is 1.